The summed E-state index contributed by atoms with van der Waals surface area (Å²) in [5.41, 5.74) is -3.62. The number of halogens is 6. The molecule has 0 radical (unpaired) electrons. The van der Waals surface area contributed by atoms with Gasteiger partial charge in [-0.2, -0.15) is 38.1 Å². The molecule has 0 amide bonds. The molecule has 0 bridgehead atoms. The van der Waals surface area contributed by atoms with E-state index in [9.17, 15) is 36.2 Å². The number of rotatable bonds is 4. The Morgan fingerprint density at radius 2 is 1.59 bits per heavy atom. The lowest BCUT2D eigenvalue weighted by Gasteiger charge is -2.28. The van der Waals surface area contributed by atoms with Crippen LogP contribution in [0.5, 0.6) is 0 Å². The van der Waals surface area contributed by atoms with Gasteiger partial charge in [-0.15, -0.1) is 5.10 Å². The van der Waals surface area contributed by atoms with Crippen LogP contribution in [0.2, 0.25) is 0 Å². The number of alkyl halides is 6. The number of aromatic nitrogens is 3. The van der Waals surface area contributed by atoms with E-state index in [1.54, 1.807) is 16.7 Å². The number of aromatic carboxylic acids is 1. The minimum Gasteiger partial charge on any atom is -0.476 e. The van der Waals surface area contributed by atoms with E-state index in [1.807, 2.05) is 0 Å². The molecular weight excluding hydrogens is 426 g/mol. The molecule has 1 aliphatic heterocycles. The zero-order valence-corrected chi connectivity index (χ0v) is 15.4. The van der Waals surface area contributed by atoms with Crippen molar-refractivity contribution in [1.29, 1.82) is 0 Å². The van der Waals surface area contributed by atoms with Crippen LogP contribution in [0.15, 0.2) is 18.2 Å². The van der Waals surface area contributed by atoms with Gasteiger partial charge >= 0.3 is 18.3 Å². The van der Waals surface area contributed by atoms with Gasteiger partial charge in [-0.05, 0) is 23.8 Å². The minimum absolute atomic E-state index is 0.0380. The molecule has 6 nitrogen and oxygen atoms in total. The number of nitrogens with zero attached hydrogens (tertiary/aromatic N) is 4. The van der Waals surface area contributed by atoms with Crippen molar-refractivity contribution in [2.24, 2.45) is 0 Å². The first kappa shape index (κ1) is 21.3. The van der Waals surface area contributed by atoms with Crippen molar-refractivity contribution in [1.82, 2.24) is 15.0 Å². The van der Waals surface area contributed by atoms with Crippen molar-refractivity contribution in [3.8, 4) is 0 Å². The number of hydrogen-bond donors (Lipinski definition) is 1. The summed E-state index contributed by atoms with van der Waals surface area (Å²) in [5.74, 6) is 0.0474. The summed E-state index contributed by atoms with van der Waals surface area (Å²) in [6, 6.07) is 1.22. The molecular formula is C16H14F6N4O2S. The van der Waals surface area contributed by atoms with Gasteiger partial charge in [-0.1, -0.05) is 5.21 Å². The first-order valence-electron chi connectivity index (χ1n) is 8.24. The van der Waals surface area contributed by atoms with Gasteiger partial charge in [0.05, 0.1) is 17.7 Å². The van der Waals surface area contributed by atoms with Crippen molar-refractivity contribution < 1.29 is 36.2 Å². The minimum atomic E-state index is -4.97. The van der Waals surface area contributed by atoms with E-state index in [0.717, 1.165) is 4.68 Å². The number of hydrogen-bond acceptors (Lipinski definition) is 5. The van der Waals surface area contributed by atoms with Gasteiger partial charge in [-0.3, -0.25) is 0 Å². The standard InChI is InChI=1S/C16H14F6N4O2S/c17-15(18,19)10-5-9(6-11(7-10)16(20,21)22)8-26-13(12(14(27)28)23-24-26)25-1-3-29-4-2-25/h5-7H,1-4,8H2,(H,27,28). The Kier molecular flexibility index (Phi) is 5.70. The highest BCUT2D eigenvalue weighted by molar-refractivity contribution is 7.99. The van der Waals surface area contributed by atoms with Gasteiger partial charge in [0, 0.05) is 24.6 Å². The average Bonchev–Trinajstić information content (AvgIpc) is 3.04. The smallest absolute Gasteiger partial charge is 0.416 e. The van der Waals surface area contributed by atoms with Crippen LogP contribution in [0, 0.1) is 0 Å². The predicted molar refractivity (Wildman–Crippen MR) is 92.1 cm³/mol. The van der Waals surface area contributed by atoms with Crippen LogP contribution < -0.4 is 4.90 Å². The topological polar surface area (TPSA) is 71.2 Å². The molecule has 2 heterocycles. The predicted octanol–water partition coefficient (Wildman–Crippen LogP) is 3.62. The average molecular weight is 440 g/mol. The van der Waals surface area contributed by atoms with Crippen LogP contribution in [0.1, 0.15) is 27.2 Å². The monoisotopic (exact) mass is 440 g/mol. The summed E-state index contributed by atoms with van der Waals surface area (Å²) in [6.07, 6.45) is -9.95. The summed E-state index contributed by atoms with van der Waals surface area (Å²) in [4.78, 5) is 13.1. The highest BCUT2D eigenvalue weighted by Crippen LogP contribution is 2.36. The Bertz CT molecular complexity index is 874. The molecule has 1 aliphatic rings. The van der Waals surface area contributed by atoms with Gasteiger partial charge in [0.15, 0.2) is 5.82 Å². The second-order valence-corrected chi connectivity index (χ2v) is 7.46. The maximum atomic E-state index is 13.1. The van der Waals surface area contributed by atoms with Gasteiger partial charge in [0.1, 0.15) is 0 Å². The quantitative estimate of drug-likeness (QED) is 0.733. The molecule has 1 fully saturated rings. The Hall–Kier alpha value is -2.44. The van der Waals surface area contributed by atoms with E-state index < -0.39 is 41.7 Å². The van der Waals surface area contributed by atoms with E-state index in [4.69, 9.17) is 0 Å². The first-order valence-corrected chi connectivity index (χ1v) is 9.40. The second-order valence-electron chi connectivity index (χ2n) is 6.24. The molecule has 0 atom stereocenters. The highest BCUT2D eigenvalue weighted by Gasteiger charge is 2.37. The van der Waals surface area contributed by atoms with Crippen LogP contribution in [-0.4, -0.2) is 50.7 Å². The van der Waals surface area contributed by atoms with Gasteiger partial charge in [-0.25, -0.2) is 9.48 Å². The van der Waals surface area contributed by atoms with E-state index >= 15 is 0 Å². The Balaban J connectivity index is 2.04. The lowest BCUT2D eigenvalue weighted by Crippen LogP contribution is -2.35. The molecule has 158 valence electrons. The van der Waals surface area contributed by atoms with Crippen LogP contribution >= 0.6 is 11.8 Å². The normalized spacial score (nSPS) is 15.6. The molecule has 0 spiro atoms. The zero-order valence-electron chi connectivity index (χ0n) is 14.6. The van der Waals surface area contributed by atoms with Gasteiger partial charge in [0.2, 0.25) is 5.69 Å². The fraction of sp³-hybridized carbons (Fsp3) is 0.438. The molecule has 0 saturated carbocycles. The largest absolute Gasteiger partial charge is 0.476 e. The van der Waals surface area contributed by atoms with Crippen LogP contribution in [0.25, 0.3) is 0 Å². The number of carboxylic acid groups (broad SMARTS) is 1. The fourth-order valence-electron chi connectivity index (χ4n) is 2.92. The fourth-order valence-corrected chi connectivity index (χ4v) is 3.83. The molecule has 0 aliphatic carbocycles. The lowest BCUT2D eigenvalue weighted by atomic mass is 10.0. The van der Waals surface area contributed by atoms with Crippen LogP contribution in [-0.2, 0) is 18.9 Å². The van der Waals surface area contributed by atoms with Gasteiger partial charge < -0.3 is 10.0 Å². The second kappa shape index (κ2) is 7.76. The maximum Gasteiger partial charge on any atom is 0.416 e. The molecule has 1 aromatic carbocycles. The first-order chi connectivity index (χ1) is 13.5. The van der Waals surface area contributed by atoms with Crippen molar-refractivity contribution in [2.45, 2.75) is 18.9 Å². The maximum absolute atomic E-state index is 13.1. The highest BCUT2D eigenvalue weighted by atomic mass is 32.2. The molecule has 2 aromatic rings. The van der Waals surface area contributed by atoms with Crippen molar-refractivity contribution in [2.75, 3.05) is 29.5 Å². The van der Waals surface area contributed by atoms with Crippen molar-refractivity contribution in [3.05, 3.63) is 40.6 Å². The van der Waals surface area contributed by atoms with Crippen molar-refractivity contribution in [3.63, 3.8) is 0 Å². The number of anilines is 1. The van der Waals surface area contributed by atoms with E-state index in [-0.39, 0.29) is 17.4 Å². The third-order valence-corrected chi connectivity index (χ3v) is 5.14. The third kappa shape index (κ3) is 4.77. The SMILES string of the molecule is O=C(O)c1nnn(Cc2cc(C(F)(F)F)cc(C(F)(F)F)c2)c1N1CCSCC1. The molecule has 29 heavy (non-hydrogen) atoms. The Labute approximate surface area is 164 Å². The van der Waals surface area contributed by atoms with E-state index in [1.165, 1.54) is 0 Å². The van der Waals surface area contributed by atoms with E-state index in [2.05, 4.69) is 10.3 Å². The summed E-state index contributed by atoms with van der Waals surface area (Å²) in [6.45, 7) is 0.412. The molecule has 1 saturated heterocycles. The van der Waals surface area contributed by atoms with Crippen LogP contribution in [0.3, 0.4) is 0 Å². The Morgan fingerprint density at radius 3 is 2.07 bits per heavy atom. The summed E-state index contributed by atoms with van der Waals surface area (Å²) < 4.78 is 79.4. The van der Waals surface area contributed by atoms with Crippen LogP contribution in [0.4, 0.5) is 32.2 Å². The molecule has 1 aromatic heterocycles. The molecule has 3 rings (SSSR count). The molecule has 1 N–H and O–H groups in total. The summed E-state index contributed by atoms with van der Waals surface area (Å²) in [7, 11) is 0. The summed E-state index contributed by atoms with van der Waals surface area (Å²) >= 11 is 1.64. The van der Waals surface area contributed by atoms with Crippen molar-refractivity contribution >= 4 is 23.5 Å². The zero-order chi connectivity index (χ0) is 21.4. The lowest BCUT2D eigenvalue weighted by molar-refractivity contribution is -0.143. The number of benzene rings is 1. The van der Waals surface area contributed by atoms with E-state index in [0.29, 0.717) is 36.7 Å². The molecule has 13 heteroatoms. The number of carbonyl (C=O) groups is 1. The Morgan fingerprint density at radius 1 is 1.03 bits per heavy atom. The summed E-state index contributed by atoms with van der Waals surface area (Å²) in [5, 5.41) is 16.5. The third-order valence-electron chi connectivity index (χ3n) is 4.20. The molecule has 0 unspecified atom stereocenters. The number of thioether (sulfide) groups is 1. The number of carboxylic acids is 1. The van der Waals surface area contributed by atoms with Gasteiger partial charge in [0.25, 0.3) is 0 Å².